The van der Waals surface area contributed by atoms with Crippen LogP contribution in [-0.2, 0) is 9.59 Å². The van der Waals surface area contributed by atoms with E-state index in [1.54, 1.807) is 32.2 Å². The highest BCUT2D eigenvalue weighted by Gasteiger charge is 2.19. The first kappa shape index (κ1) is 18.5. The van der Waals surface area contributed by atoms with Gasteiger partial charge in [0.1, 0.15) is 0 Å². The Morgan fingerprint density at radius 2 is 1.91 bits per heavy atom. The number of aliphatic carboxylic acids is 1. The monoisotopic (exact) mass is 321 g/mol. The highest BCUT2D eigenvalue weighted by Crippen LogP contribution is 2.17. The van der Waals surface area contributed by atoms with Crippen LogP contribution in [-0.4, -0.2) is 41.5 Å². The molecule has 1 rings (SSSR count). The smallest absolute Gasteiger partial charge is 0.317 e. The first-order valence-corrected chi connectivity index (χ1v) is 7.32. The number of nitrogens with one attached hydrogen (secondary N) is 2. The number of carboxylic acids is 1. The Hall–Kier alpha value is -2.57. The summed E-state index contributed by atoms with van der Waals surface area (Å²) < 4.78 is 0. The SMILES string of the molecule is CC(=O)Nc1cccc(C(C)NC(=O)N(C)CC(C)C(=O)O)c1. The fraction of sp³-hybridized carbons (Fsp3) is 0.438. The number of hydrogen-bond donors (Lipinski definition) is 3. The predicted molar refractivity (Wildman–Crippen MR) is 87.1 cm³/mol. The van der Waals surface area contributed by atoms with Crippen molar-refractivity contribution >= 4 is 23.6 Å². The number of amides is 3. The van der Waals surface area contributed by atoms with Gasteiger partial charge in [0.05, 0.1) is 12.0 Å². The van der Waals surface area contributed by atoms with Crippen LogP contribution in [0.15, 0.2) is 24.3 Å². The molecule has 0 heterocycles. The van der Waals surface area contributed by atoms with Crippen LogP contribution in [0.3, 0.4) is 0 Å². The van der Waals surface area contributed by atoms with Crippen molar-refractivity contribution in [3.63, 3.8) is 0 Å². The van der Waals surface area contributed by atoms with Gasteiger partial charge < -0.3 is 20.6 Å². The van der Waals surface area contributed by atoms with Crippen molar-refractivity contribution in [3.8, 4) is 0 Å². The zero-order valence-electron chi connectivity index (χ0n) is 13.8. The van der Waals surface area contributed by atoms with Crippen LogP contribution in [0.2, 0.25) is 0 Å². The zero-order valence-corrected chi connectivity index (χ0v) is 13.8. The molecule has 0 aliphatic rings. The van der Waals surface area contributed by atoms with Gasteiger partial charge in [0.25, 0.3) is 0 Å². The Balaban J connectivity index is 2.67. The minimum atomic E-state index is -0.944. The quantitative estimate of drug-likeness (QED) is 0.747. The van der Waals surface area contributed by atoms with Crippen LogP contribution in [0.4, 0.5) is 10.5 Å². The molecule has 0 radical (unpaired) electrons. The minimum Gasteiger partial charge on any atom is -0.481 e. The van der Waals surface area contributed by atoms with E-state index in [2.05, 4.69) is 10.6 Å². The fourth-order valence-corrected chi connectivity index (χ4v) is 2.04. The first-order valence-electron chi connectivity index (χ1n) is 7.32. The second kappa shape index (κ2) is 8.17. The Morgan fingerprint density at radius 3 is 2.48 bits per heavy atom. The lowest BCUT2D eigenvalue weighted by atomic mass is 10.1. The summed E-state index contributed by atoms with van der Waals surface area (Å²) in [4.78, 5) is 35.4. The molecule has 0 bridgehead atoms. The maximum Gasteiger partial charge on any atom is 0.317 e. The van der Waals surface area contributed by atoms with Crippen molar-refractivity contribution in [2.45, 2.75) is 26.8 Å². The molecule has 23 heavy (non-hydrogen) atoms. The average Bonchev–Trinajstić information content (AvgIpc) is 2.46. The molecule has 0 saturated carbocycles. The molecule has 0 spiro atoms. The molecular formula is C16H23N3O4. The Morgan fingerprint density at radius 1 is 1.26 bits per heavy atom. The average molecular weight is 321 g/mol. The third-order valence-electron chi connectivity index (χ3n) is 3.36. The van der Waals surface area contributed by atoms with Crippen molar-refractivity contribution in [3.05, 3.63) is 29.8 Å². The molecule has 2 atom stereocenters. The topological polar surface area (TPSA) is 98.7 Å². The Kier molecular flexibility index (Phi) is 6.56. The predicted octanol–water partition coefficient (Wildman–Crippen LogP) is 2.07. The molecule has 0 aliphatic heterocycles. The van der Waals surface area contributed by atoms with E-state index in [-0.39, 0.29) is 24.5 Å². The van der Waals surface area contributed by atoms with Gasteiger partial charge in [-0.1, -0.05) is 19.1 Å². The molecule has 0 aromatic heterocycles. The van der Waals surface area contributed by atoms with Crippen molar-refractivity contribution in [2.24, 2.45) is 5.92 Å². The Labute approximate surface area is 135 Å². The highest BCUT2D eigenvalue weighted by molar-refractivity contribution is 5.88. The molecule has 3 N–H and O–H groups in total. The third kappa shape index (κ3) is 5.98. The van der Waals surface area contributed by atoms with Gasteiger partial charge in [-0.05, 0) is 24.6 Å². The minimum absolute atomic E-state index is 0.125. The summed E-state index contributed by atoms with van der Waals surface area (Å²) in [6, 6.07) is 6.55. The van der Waals surface area contributed by atoms with Crippen LogP contribution >= 0.6 is 0 Å². The van der Waals surface area contributed by atoms with Gasteiger partial charge in [0.15, 0.2) is 0 Å². The van der Waals surface area contributed by atoms with Gasteiger partial charge in [-0.25, -0.2) is 4.79 Å². The number of carboxylic acid groups (broad SMARTS) is 1. The zero-order chi connectivity index (χ0) is 17.6. The number of benzene rings is 1. The van der Waals surface area contributed by atoms with Gasteiger partial charge in [0.2, 0.25) is 5.91 Å². The third-order valence-corrected chi connectivity index (χ3v) is 3.36. The molecule has 0 saturated heterocycles. The standard InChI is InChI=1S/C16H23N3O4/c1-10(15(21)22)9-19(4)16(23)17-11(2)13-6-5-7-14(8-13)18-12(3)20/h5-8,10-11H,9H2,1-4H3,(H,17,23)(H,18,20)(H,21,22). The number of urea groups is 1. The summed E-state index contributed by atoms with van der Waals surface area (Å²) >= 11 is 0. The van der Waals surface area contributed by atoms with Crippen LogP contribution < -0.4 is 10.6 Å². The number of carbonyl (C=O) groups is 3. The summed E-state index contributed by atoms with van der Waals surface area (Å²) in [5.74, 6) is -1.74. The van der Waals surface area contributed by atoms with E-state index < -0.39 is 11.9 Å². The molecule has 0 fully saturated rings. The molecule has 1 aromatic rings. The van der Waals surface area contributed by atoms with Gasteiger partial charge in [-0.15, -0.1) is 0 Å². The van der Waals surface area contributed by atoms with Crippen molar-refractivity contribution in [1.82, 2.24) is 10.2 Å². The summed E-state index contributed by atoms with van der Waals surface area (Å²) in [5, 5.41) is 14.4. The summed E-state index contributed by atoms with van der Waals surface area (Å²) in [5.41, 5.74) is 1.49. The maximum atomic E-state index is 12.1. The number of nitrogens with zero attached hydrogens (tertiary/aromatic N) is 1. The molecule has 126 valence electrons. The molecule has 1 aromatic carbocycles. The van der Waals surface area contributed by atoms with E-state index in [4.69, 9.17) is 5.11 Å². The van der Waals surface area contributed by atoms with Gasteiger partial charge >= 0.3 is 12.0 Å². The number of hydrogen-bond acceptors (Lipinski definition) is 3. The van der Waals surface area contributed by atoms with E-state index >= 15 is 0 Å². The van der Waals surface area contributed by atoms with Gasteiger partial charge in [-0.3, -0.25) is 9.59 Å². The van der Waals surface area contributed by atoms with E-state index in [1.165, 1.54) is 11.8 Å². The van der Waals surface area contributed by atoms with Crippen molar-refractivity contribution < 1.29 is 19.5 Å². The largest absolute Gasteiger partial charge is 0.481 e. The number of anilines is 1. The molecular weight excluding hydrogens is 298 g/mol. The summed E-state index contributed by atoms with van der Waals surface area (Å²) in [6.45, 7) is 4.92. The normalized spacial score (nSPS) is 12.9. The first-order chi connectivity index (χ1) is 10.7. The highest BCUT2D eigenvalue weighted by atomic mass is 16.4. The molecule has 7 nitrogen and oxygen atoms in total. The maximum absolute atomic E-state index is 12.1. The molecule has 7 heteroatoms. The van der Waals surface area contributed by atoms with Gasteiger partial charge in [-0.2, -0.15) is 0 Å². The van der Waals surface area contributed by atoms with Crippen LogP contribution in [0.1, 0.15) is 32.4 Å². The summed E-state index contributed by atoms with van der Waals surface area (Å²) in [6.07, 6.45) is 0. The lowest BCUT2D eigenvalue weighted by Crippen LogP contribution is -2.41. The van der Waals surface area contributed by atoms with Crippen LogP contribution in [0.5, 0.6) is 0 Å². The van der Waals surface area contributed by atoms with E-state index in [0.717, 1.165) is 5.56 Å². The molecule has 0 aliphatic carbocycles. The van der Waals surface area contributed by atoms with E-state index in [0.29, 0.717) is 5.69 Å². The van der Waals surface area contributed by atoms with Crippen molar-refractivity contribution in [1.29, 1.82) is 0 Å². The Bertz CT molecular complexity index is 588. The van der Waals surface area contributed by atoms with Crippen LogP contribution in [0.25, 0.3) is 0 Å². The fourth-order valence-electron chi connectivity index (χ4n) is 2.04. The number of carbonyl (C=O) groups excluding carboxylic acids is 2. The van der Waals surface area contributed by atoms with Crippen molar-refractivity contribution in [2.75, 3.05) is 18.9 Å². The van der Waals surface area contributed by atoms with E-state index in [1.807, 2.05) is 13.0 Å². The van der Waals surface area contributed by atoms with E-state index in [9.17, 15) is 14.4 Å². The number of rotatable bonds is 6. The van der Waals surface area contributed by atoms with Crippen LogP contribution in [0, 0.1) is 5.92 Å². The van der Waals surface area contributed by atoms with Gasteiger partial charge in [0, 0.05) is 26.2 Å². The molecule has 2 unspecified atom stereocenters. The second-order valence-corrected chi connectivity index (χ2v) is 5.60. The lowest BCUT2D eigenvalue weighted by Gasteiger charge is -2.23. The second-order valence-electron chi connectivity index (χ2n) is 5.60. The molecule has 3 amide bonds. The summed E-state index contributed by atoms with van der Waals surface area (Å²) in [7, 11) is 1.55. The lowest BCUT2D eigenvalue weighted by molar-refractivity contribution is -0.141.